The second-order valence-electron chi connectivity index (χ2n) is 5.49. The summed E-state index contributed by atoms with van der Waals surface area (Å²) in [7, 11) is 0. The number of carboxylic acids is 1. The number of hydrogen-bond acceptors (Lipinski definition) is 11. The minimum atomic E-state index is -1.18. The number of carbonyl (C=O) groups is 4. The maximum absolute atomic E-state index is 11.0. The van der Waals surface area contributed by atoms with Gasteiger partial charge in [0.15, 0.2) is 0 Å². The van der Waals surface area contributed by atoms with E-state index in [9.17, 15) is 33.9 Å². The van der Waals surface area contributed by atoms with E-state index in [2.05, 4.69) is 15.5 Å². The summed E-state index contributed by atoms with van der Waals surface area (Å²) in [5.74, 6) is -4.20. The summed E-state index contributed by atoms with van der Waals surface area (Å²) in [5.41, 5.74) is 0. The Morgan fingerprint density at radius 2 is 0.966 bits per heavy atom. The van der Waals surface area contributed by atoms with Crippen molar-refractivity contribution in [3.63, 3.8) is 0 Å². The van der Waals surface area contributed by atoms with Crippen molar-refractivity contribution in [3.8, 4) is 0 Å². The minimum Gasteiger partial charge on any atom is -0.480 e. The summed E-state index contributed by atoms with van der Waals surface area (Å²) in [4.78, 5) is 76.4. The van der Waals surface area contributed by atoms with Gasteiger partial charge < -0.3 is 14.6 Å². The second kappa shape index (κ2) is 16.1. The first-order chi connectivity index (χ1) is 13.8. The van der Waals surface area contributed by atoms with E-state index in [0.29, 0.717) is 0 Å². The SMILES string of the molecule is O=NC(=O)CN(CCOCCOCCN(CC(=O)N=O)CC(=O)N=O)CC(=O)O. The van der Waals surface area contributed by atoms with Crippen molar-refractivity contribution >= 4 is 23.7 Å². The van der Waals surface area contributed by atoms with Crippen molar-refractivity contribution in [1.82, 2.24) is 9.80 Å². The monoisotopic (exact) mass is 419 g/mol. The minimum absolute atomic E-state index is 0.0479. The van der Waals surface area contributed by atoms with E-state index in [4.69, 9.17) is 14.6 Å². The molecule has 0 heterocycles. The fraction of sp³-hybridized carbons (Fsp3) is 0.714. The van der Waals surface area contributed by atoms with Crippen LogP contribution in [0.25, 0.3) is 0 Å². The number of aliphatic carboxylic acids is 1. The molecule has 0 saturated carbocycles. The molecule has 0 aromatic heterocycles. The molecule has 0 aliphatic heterocycles. The highest BCUT2D eigenvalue weighted by atomic mass is 16.5. The molecule has 0 aliphatic carbocycles. The Hall–Kier alpha value is -2.88. The first-order valence-electron chi connectivity index (χ1n) is 8.22. The number of nitrogens with zero attached hydrogens (tertiary/aromatic N) is 5. The quantitative estimate of drug-likeness (QED) is 0.213. The summed E-state index contributed by atoms with van der Waals surface area (Å²) in [6.45, 7) is -1.35. The Kier molecular flexibility index (Phi) is 14.5. The number of amides is 3. The summed E-state index contributed by atoms with van der Waals surface area (Å²) < 4.78 is 10.4. The zero-order valence-electron chi connectivity index (χ0n) is 15.4. The number of rotatable bonds is 17. The first-order valence-corrected chi connectivity index (χ1v) is 8.22. The van der Waals surface area contributed by atoms with Crippen molar-refractivity contribution in [2.75, 3.05) is 65.7 Å². The molecule has 0 atom stereocenters. The molecule has 0 aliphatic rings. The standard InChI is InChI=1S/C14H21N5O10/c20-11(15-25)7-18(8-12(21)16-26)1-3-28-5-6-29-4-2-19(10-14(23)24)9-13(22)17-27/h1-10H2,(H,23,24). The fourth-order valence-corrected chi connectivity index (χ4v) is 1.99. The molecule has 0 fully saturated rings. The van der Waals surface area contributed by atoms with E-state index in [1.165, 1.54) is 9.80 Å². The molecule has 0 spiro atoms. The number of nitroso groups, excluding NO2 is 3. The number of carbonyl (C=O) groups excluding carboxylic acids is 3. The first kappa shape index (κ1) is 26.1. The largest absolute Gasteiger partial charge is 0.480 e. The lowest BCUT2D eigenvalue weighted by molar-refractivity contribution is -0.139. The van der Waals surface area contributed by atoms with Crippen LogP contribution in [0.15, 0.2) is 15.5 Å². The van der Waals surface area contributed by atoms with Gasteiger partial charge in [-0.2, -0.15) is 0 Å². The van der Waals surface area contributed by atoms with Gasteiger partial charge in [0.1, 0.15) is 0 Å². The van der Waals surface area contributed by atoms with Gasteiger partial charge in [-0.1, -0.05) is 0 Å². The van der Waals surface area contributed by atoms with Crippen LogP contribution in [0.3, 0.4) is 0 Å². The Morgan fingerprint density at radius 1 is 0.621 bits per heavy atom. The van der Waals surface area contributed by atoms with Crippen molar-refractivity contribution < 1.29 is 33.8 Å². The highest BCUT2D eigenvalue weighted by molar-refractivity contribution is 5.81. The molecule has 0 rings (SSSR count). The van der Waals surface area contributed by atoms with Crippen LogP contribution in [0.1, 0.15) is 0 Å². The lowest BCUT2D eigenvalue weighted by Gasteiger charge is -2.18. The van der Waals surface area contributed by atoms with Crippen molar-refractivity contribution in [3.05, 3.63) is 14.7 Å². The van der Waals surface area contributed by atoms with Crippen LogP contribution in [0.5, 0.6) is 0 Å². The van der Waals surface area contributed by atoms with Crippen LogP contribution >= 0.6 is 0 Å². The Morgan fingerprint density at radius 3 is 1.28 bits per heavy atom. The third-order valence-corrected chi connectivity index (χ3v) is 3.22. The van der Waals surface area contributed by atoms with Crippen LogP contribution < -0.4 is 0 Å². The van der Waals surface area contributed by atoms with E-state index in [0.717, 1.165) is 0 Å². The zero-order chi connectivity index (χ0) is 22.1. The third kappa shape index (κ3) is 14.8. The zero-order valence-corrected chi connectivity index (χ0v) is 15.4. The molecule has 0 aromatic rings. The molecule has 0 aromatic carbocycles. The number of ether oxygens (including phenoxy) is 2. The van der Waals surface area contributed by atoms with Gasteiger partial charge in [-0.3, -0.25) is 29.0 Å². The smallest absolute Gasteiger partial charge is 0.317 e. The van der Waals surface area contributed by atoms with Crippen LogP contribution in [-0.4, -0.2) is 104 Å². The normalized spacial score (nSPS) is 10.7. The topological polar surface area (TPSA) is 202 Å². The van der Waals surface area contributed by atoms with Crippen molar-refractivity contribution in [1.29, 1.82) is 0 Å². The number of hydrogen-bond donors (Lipinski definition) is 1. The van der Waals surface area contributed by atoms with Gasteiger partial charge in [0.25, 0.3) is 17.7 Å². The fourth-order valence-electron chi connectivity index (χ4n) is 1.99. The van der Waals surface area contributed by atoms with Crippen molar-refractivity contribution in [2.24, 2.45) is 15.5 Å². The van der Waals surface area contributed by atoms with Crippen LogP contribution in [0.2, 0.25) is 0 Å². The van der Waals surface area contributed by atoms with Crippen LogP contribution in [0, 0.1) is 14.7 Å². The van der Waals surface area contributed by atoms with Gasteiger partial charge in [0, 0.05) is 28.6 Å². The molecule has 162 valence electrons. The van der Waals surface area contributed by atoms with Gasteiger partial charge in [-0.05, 0) is 0 Å². The van der Waals surface area contributed by atoms with E-state index in [1.807, 2.05) is 0 Å². The second-order valence-corrected chi connectivity index (χ2v) is 5.49. The predicted molar refractivity (Wildman–Crippen MR) is 94.6 cm³/mol. The average molecular weight is 419 g/mol. The van der Waals surface area contributed by atoms with Gasteiger partial charge in [-0.25, -0.2) is 0 Å². The van der Waals surface area contributed by atoms with Gasteiger partial charge in [-0.15, -0.1) is 14.7 Å². The van der Waals surface area contributed by atoms with E-state index < -0.39 is 49.9 Å². The van der Waals surface area contributed by atoms with Crippen molar-refractivity contribution in [2.45, 2.75) is 0 Å². The molecule has 0 unspecified atom stereocenters. The van der Waals surface area contributed by atoms with Crippen LogP contribution in [-0.2, 0) is 28.7 Å². The molecule has 29 heavy (non-hydrogen) atoms. The molecule has 0 bridgehead atoms. The molecular weight excluding hydrogens is 398 g/mol. The average Bonchev–Trinajstić information content (AvgIpc) is 2.68. The Labute approximate surface area is 164 Å². The summed E-state index contributed by atoms with van der Waals surface area (Å²) >= 11 is 0. The summed E-state index contributed by atoms with van der Waals surface area (Å²) in [6.07, 6.45) is 0. The molecule has 1 N–H and O–H groups in total. The van der Waals surface area contributed by atoms with Gasteiger partial charge in [0.2, 0.25) is 0 Å². The summed E-state index contributed by atoms with van der Waals surface area (Å²) in [5, 5.41) is 15.3. The molecule has 0 saturated heterocycles. The lowest BCUT2D eigenvalue weighted by atomic mass is 10.4. The molecular formula is C14H21N5O10. The van der Waals surface area contributed by atoms with Gasteiger partial charge >= 0.3 is 5.97 Å². The van der Waals surface area contributed by atoms with E-state index >= 15 is 0 Å². The molecule has 15 nitrogen and oxygen atoms in total. The highest BCUT2D eigenvalue weighted by Crippen LogP contribution is 1.94. The highest BCUT2D eigenvalue weighted by Gasteiger charge is 2.16. The number of carboxylic acid groups (broad SMARTS) is 1. The van der Waals surface area contributed by atoms with E-state index in [1.54, 1.807) is 0 Å². The molecule has 3 amide bonds. The van der Waals surface area contributed by atoms with Gasteiger partial charge in [0.05, 0.1) is 52.6 Å². The summed E-state index contributed by atoms with van der Waals surface area (Å²) in [6, 6.07) is 0. The van der Waals surface area contributed by atoms with E-state index in [-0.39, 0.29) is 39.5 Å². The Bertz CT molecular complexity index is 577. The lowest BCUT2D eigenvalue weighted by Crippen LogP contribution is -2.36. The van der Waals surface area contributed by atoms with Crippen LogP contribution in [0.4, 0.5) is 0 Å². The maximum Gasteiger partial charge on any atom is 0.317 e. The Balaban J connectivity index is 4.05. The maximum atomic E-state index is 11.0. The molecule has 15 heteroatoms. The molecule has 0 radical (unpaired) electrons. The third-order valence-electron chi connectivity index (χ3n) is 3.22. The predicted octanol–water partition coefficient (Wildman–Crippen LogP) is -1.41.